The molecule has 0 saturated carbocycles. The fourth-order valence-electron chi connectivity index (χ4n) is 2.42. The summed E-state index contributed by atoms with van der Waals surface area (Å²) >= 11 is 0. The van der Waals surface area contributed by atoms with Gasteiger partial charge in [0.1, 0.15) is 5.84 Å². The van der Waals surface area contributed by atoms with Crippen molar-refractivity contribution in [2.24, 2.45) is 0 Å². The van der Waals surface area contributed by atoms with E-state index >= 15 is 0 Å². The van der Waals surface area contributed by atoms with E-state index in [9.17, 15) is 4.79 Å². The fraction of sp³-hybridized carbons (Fsp3) is 0.556. The minimum Gasteiger partial charge on any atom is -0.307 e. The summed E-state index contributed by atoms with van der Waals surface area (Å²) in [7, 11) is 0. The second-order valence-corrected chi connectivity index (χ2v) is 5.98. The lowest BCUT2D eigenvalue weighted by molar-refractivity contribution is 0.256. The van der Waals surface area contributed by atoms with Gasteiger partial charge in [-0.05, 0) is 62.4 Å². The molecule has 0 atom stereocenters. The molecule has 0 aliphatic rings. The SMILES string of the molecule is CCCCCCC(=N)NC(=O)Nc1cc(C)c(C)c(C)c1C. The van der Waals surface area contributed by atoms with E-state index in [1.807, 2.05) is 19.9 Å². The van der Waals surface area contributed by atoms with Gasteiger partial charge in [-0.1, -0.05) is 26.2 Å². The van der Waals surface area contributed by atoms with Gasteiger partial charge in [0.25, 0.3) is 0 Å². The molecule has 0 spiro atoms. The minimum absolute atomic E-state index is 0.284. The summed E-state index contributed by atoms with van der Waals surface area (Å²) in [6.07, 6.45) is 5.04. The maximum Gasteiger partial charge on any atom is 0.324 e. The molecular weight excluding hydrogens is 274 g/mol. The summed E-state index contributed by atoms with van der Waals surface area (Å²) in [5.74, 6) is 0.284. The number of anilines is 1. The Bertz CT molecular complexity index is 550. The standard InChI is InChI=1S/C18H29N3O/c1-6-7-8-9-10-17(19)21-18(22)20-16-11-12(2)13(3)14(4)15(16)5/h11H,6-10H2,1-5H3,(H3,19,20,21,22). The Balaban J connectivity index is 2.57. The van der Waals surface area contributed by atoms with Crippen LogP contribution in [0.3, 0.4) is 0 Å². The lowest BCUT2D eigenvalue weighted by Gasteiger charge is -2.15. The van der Waals surface area contributed by atoms with Gasteiger partial charge in [0.15, 0.2) is 0 Å². The maximum atomic E-state index is 12.0. The molecule has 0 aliphatic carbocycles. The zero-order chi connectivity index (χ0) is 16.7. The smallest absolute Gasteiger partial charge is 0.307 e. The van der Waals surface area contributed by atoms with Crippen molar-refractivity contribution in [1.82, 2.24) is 5.32 Å². The van der Waals surface area contributed by atoms with Gasteiger partial charge in [0.05, 0.1) is 0 Å². The van der Waals surface area contributed by atoms with Crippen LogP contribution in [0.25, 0.3) is 0 Å². The highest BCUT2D eigenvalue weighted by atomic mass is 16.2. The molecule has 4 nitrogen and oxygen atoms in total. The van der Waals surface area contributed by atoms with E-state index in [1.54, 1.807) is 0 Å². The van der Waals surface area contributed by atoms with E-state index in [-0.39, 0.29) is 11.9 Å². The van der Waals surface area contributed by atoms with E-state index < -0.39 is 0 Å². The molecule has 2 amide bonds. The van der Waals surface area contributed by atoms with Gasteiger partial charge in [-0.25, -0.2) is 4.79 Å². The Kier molecular flexibility index (Phi) is 7.09. The molecule has 1 aromatic rings. The molecule has 0 saturated heterocycles. The number of aryl methyl sites for hydroxylation is 1. The molecule has 4 heteroatoms. The number of rotatable bonds is 6. The molecule has 0 fully saturated rings. The van der Waals surface area contributed by atoms with Gasteiger partial charge < -0.3 is 5.32 Å². The molecular formula is C18H29N3O. The van der Waals surface area contributed by atoms with Gasteiger partial charge in [0, 0.05) is 12.1 Å². The van der Waals surface area contributed by atoms with Crippen molar-refractivity contribution in [2.45, 2.75) is 66.7 Å². The normalized spacial score (nSPS) is 10.4. The number of nitrogens with one attached hydrogen (secondary N) is 3. The predicted molar refractivity (Wildman–Crippen MR) is 94.0 cm³/mol. The molecule has 1 aromatic carbocycles. The van der Waals surface area contributed by atoms with Crippen molar-refractivity contribution in [1.29, 1.82) is 5.41 Å². The average Bonchev–Trinajstić information content (AvgIpc) is 2.47. The molecule has 0 unspecified atom stereocenters. The Hall–Kier alpha value is -1.84. The van der Waals surface area contributed by atoms with Gasteiger partial charge in [-0.15, -0.1) is 0 Å². The van der Waals surface area contributed by atoms with Crippen LogP contribution in [0.15, 0.2) is 6.07 Å². The molecule has 22 heavy (non-hydrogen) atoms. The Labute approximate surface area is 134 Å². The van der Waals surface area contributed by atoms with Crippen LogP contribution in [0.1, 0.15) is 61.3 Å². The number of hydrogen-bond donors (Lipinski definition) is 3. The highest BCUT2D eigenvalue weighted by Gasteiger charge is 2.10. The van der Waals surface area contributed by atoms with E-state index in [1.165, 1.54) is 24.0 Å². The third-order valence-corrected chi connectivity index (χ3v) is 4.27. The maximum absolute atomic E-state index is 12.0. The number of urea groups is 1. The monoisotopic (exact) mass is 303 g/mol. The third kappa shape index (κ3) is 5.17. The largest absolute Gasteiger partial charge is 0.324 e. The zero-order valence-electron chi connectivity index (χ0n) is 14.5. The van der Waals surface area contributed by atoms with E-state index in [0.29, 0.717) is 6.42 Å². The second kappa shape index (κ2) is 8.57. The first-order valence-electron chi connectivity index (χ1n) is 8.09. The summed E-state index contributed by atoms with van der Waals surface area (Å²) in [5, 5.41) is 13.3. The van der Waals surface area contributed by atoms with Crippen LogP contribution in [-0.2, 0) is 0 Å². The van der Waals surface area contributed by atoms with Crippen molar-refractivity contribution in [2.75, 3.05) is 5.32 Å². The Morgan fingerprint density at radius 2 is 1.73 bits per heavy atom. The molecule has 3 N–H and O–H groups in total. The quantitative estimate of drug-likeness (QED) is 0.387. The Morgan fingerprint density at radius 3 is 2.36 bits per heavy atom. The lowest BCUT2D eigenvalue weighted by atomic mass is 9.98. The number of hydrogen-bond acceptors (Lipinski definition) is 2. The van der Waals surface area contributed by atoms with E-state index in [2.05, 4.69) is 31.4 Å². The summed E-state index contributed by atoms with van der Waals surface area (Å²) in [4.78, 5) is 12.0. The van der Waals surface area contributed by atoms with Gasteiger partial charge in [-0.3, -0.25) is 10.7 Å². The van der Waals surface area contributed by atoms with Gasteiger partial charge in [-0.2, -0.15) is 0 Å². The van der Waals surface area contributed by atoms with Crippen molar-refractivity contribution in [3.05, 3.63) is 28.3 Å². The number of carbonyl (C=O) groups is 1. The van der Waals surface area contributed by atoms with Crippen LogP contribution in [0.4, 0.5) is 10.5 Å². The van der Waals surface area contributed by atoms with Crippen LogP contribution < -0.4 is 10.6 Å². The molecule has 0 aliphatic heterocycles. The zero-order valence-corrected chi connectivity index (χ0v) is 14.5. The van der Waals surface area contributed by atoms with Crippen LogP contribution >= 0.6 is 0 Å². The molecule has 0 heterocycles. The Morgan fingerprint density at radius 1 is 1.05 bits per heavy atom. The van der Waals surface area contributed by atoms with Crippen molar-refractivity contribution >= 4 is 17.6 Å². The van der Waals surface area contributed by atoms with Crippen LogP contribution in [0.5, 0.6) is 0 Å². The first-order chi connectivity index (χ1) is 10.4. The van der Waals surface area contributed by atoms with Crippen molar-refractivity contribution in [3.63, 3.8) is 0 Å². The number of unbranched alkanes of at least 4 members (excludes halogenated alkanes) is 3. The third-order valence-electron chi connectivity index (χ3n) is 4.27. The van der Waals surface area contributed by atoms with Gasteiger partial charge in [0.2, 0.25) is 0 Å². The summed E-state index contributed by atoms with van der Waals surface area (Å²) < 4.78 is 0. The van der Waals surface area contributed by atoms with Crippen molar-refractivity contribution in [3.8, 4) is 0 Å². The second-order valence-electron chi connectivity index (χ2n) is 5.98. The first-order valence-corrected chi connectivity index (χ1v) is 8.09. The summed E-state index contributed by atoms with van der Waals surface area (Å²) in [6, 6.07) is 1.66. The van der Waals surface area contributed by atoms with Gasteiger partial charge >= 0.3 is 6.03 Å². The first kappa shape index (κ1) is 18.2. The van der Waals surface area contributed by atoms with E-state index in [0.717, 1.165) is 29.7 Å². The summed E-state index contributed by atoms with van der Waals surface area (Å²) in [6.45, 7) is 10.4. The summed E-state index contributed by atoms with van der Waals surface area (Å²) in [5.41, 5.74) is 5.51. The molecule has 0 aromatic heterocycles. The predicted octanol–water partition coefficient (Wildman–Crippen LogP) is 4.99. The van der Waals surface area contributed by atoms with E-state index in [4.69, 9.17) is 5.41 Å². The highest BCUT2D eigenvalue weighted by molar-refractivity contribution is 6.02. The lowest BCUT2D eigenvalue weighted by Crippen LogP contribution is -2.34. The minimum atomic E-state index is -0.328. The number of carbonyl (C=O) groups excluding carboxylic acids is 1. The topological polar surface area (TPSA) is 65.0 Å². The average molecular weight is 303 g/mol. The van der Waals surface area contributed by atoms with Crippen LogP contribution in [-0.4, -0.2) is 11.9 Å². The molecule has 0 bridgehead atoms. The number of amidine groups is 1. The molecule has 1 rings (SSSR count). The van der Waals surface area contributed by atoms with Crippen molar-refractivity contribution < 1.29 is 4.79 Å². The highest BCUT2D eigenvalue weighted by Crippen LogP contribution is 2.24. The number of amides is 2. The number of benzene rings is 1. The van der Waals surface area contributed by atoms with Crippen LogP contribution in [0, 0.1) is 33.1 Å². The molecule has 0 radical (unpaired) electrons. The fourth-order valence-corrected chi connectivity index (χ4v) is 2.42. The molecule has 122 valence electrons. The van der Waals surface area contributed by atoms with Crippen LogP contribution in [0.2, 0.25) is 0 Å².